The predicted molar refractivity (Wildman–Crippen MR) is 59.5 cm³/mol. The molecule has 0 fully saturated rings. The third-order valence-corrected chi connectivity index (χ3v) is 1.96. The number of hydrogen-bond donors (Lipinski definition) is 1. The number of anilines is 1. The quantitative estimate of drug-likeness (QED) is 0.764. The molecule has 1 aromatic rings. The van der Waals surface area contributed by atoms with Gasteiger partial charge >= 0.3 is 0 Å². The Morgan fingerprint density at radius 3 is 2.40 bits per heavy atom. The molecule has 1 N–H and O–H groups in total. The molecule has 0 aromatic heterocycles. The largest absolute Gasteiger partial charge is 0.542 e. The van der Waals surface area contributed by atoms with E-state index in [4.69, 9.17) is 0 Å². The van der Waals surface area contributed by atoms with E-state index in [-0.39, 0.29) is 18.7 Å². The summed E-state index contributed by atoms with van der Waals surface area (Å²) in [5, 5.41) is 2.74. The van der Waals surface area contributed by atoms with Gasteiger partial charge < -0.3 is 10.1 Å². The Morgan fingerprint density at radius 1 is 1.27 bits per heavy atom. The van der Waals surface area contributed by atoms with Gasteiger partial charge in [0.25, 0.3) is 0 Å². The molecule has 0 aliphatic carbocycles. The first kappa shape index (κ1) is 11.4. The highest BCUT2D eigenvalue weighted by atomic mass is 16.1. The maximum Gasteiger partial charge on any atom is 0.222 e. The number of amides is 1. The van der Waals surface area contributed by atoms with E-state index in [1.54, 1.807) is 6.29 Å². The van der Waals surface area contributed by atoms with Crippen LogP contribution < -0.4 is 5.32 Å². The number of benzene rings is 1. The van der Waals surface area contributed by atoms with E-state index in [0.29, 0.717) is 0 Å². The van der Waals surface area contributed by atoms with Gasteiger partial charge in [-0.1, -0.05) is 6.07 Å². The molecule has 3 heteroatoms. The molecule has 0 unspecified atom stereocenters. The lowest BCUT2D eigenvalue weighted by Gasteiger charge is -2.07. The van der Waals surface area contributed by atoms with Crippen molar-refractivity contribution in [3.63, 3.8) is 0 Å². The summed E-state index contributed by atoms with van der Waals surface area (Å²) in [5.41, 5.74) is 2.99. The lowest BCUT2D eigenvalue weighted by molar-refractivity contribution is -0.116. The molecule has 0 saturated carbocycles. The summed E-state index contributed by atoms with van der Waals surface area (Å²) in [4.78, 5) is 21.3. The smallest absolute Gasteiger partial charge is 0.222 e. The molecule has 0 aliphatic heterocycles. The Morgan fingerprint density at radius 2 is 1.87 bits per heavy atom. The zero-order valence-electron chi connectivity index (χ0n) is 8.96. The van der Waals surface area contributed by atoms with Gasteiger partial charge in [0.05, 0.1) is 0 Å². The first-order chi connectivity index (χ1) is 7.11. The van der Waals surface area contributed by atoms with E-state index in [2.05, 4.69) is 5.32 Å². The molecule has 1 rings (SSSR count). The topological polar surface area (TPSA) is 46.2 Å². The van der Waals surface area contributed by atoms with Crippen molar-refractivity contribution in [3.05, 3.63) is 29.3 Å². The molecule has 80 valence electrons. The van der Waals surface area contributed by atoms with E-state index in [0.717, 1.165) is 16.8 Å². The fraction of sp³-hybridized carbons (Fsp3) is 0.333. The van der Waals surface area contributed by atoms with Crippen molar-refractivity contribution >= 4 is 17.9 Å². The molecule has 1 amide bonds. The SMILES string of the molecule is Cc1cc(C)cc(NC(=O)CC[C-]=O)c1. The van der Waals surface area contributed by atoms with Gasteiger partial charge in [-0.2, -0.15) is 0 Å². The lowest BCUT2D eigenvalue weighted by atomic mass is 10.1. The van der Waals surface area contributed by atoms with Crippen LogP contribution in [0.4, 0.5) is 5.69 Å². The molecule has 0 bridgehead atoms. The number of rotatable bonds is 4. The summed E-state index contributed by atoms with van der Waals surface area (Å²) in [6.45, 7) is 3.95. The van der Waals surface area contributed by atoms with Crippen molar-refractivity contribution in [1.29, 1.82) is 0 Å². The number of carbonyl (C=O) groups is 1. The van der Waals surface area contributed by atoms with Crippen LogP contribution in [0, 0.1) is 13.8 Å². The van der Waals surface area contributed by atoms with Crippen molar-refractivity contribution < 1.29 is 9.59 Å². The molecule has 3 nitrogen and oxygen atoms in total. The zero-order chi connectivity index (χ0) is 11.3. The minimum absolute atomic E-state index is 0.149. The zero-order valence-corrected chi connectivity index (χ0v) is 8.96. The molecule has 0 saturated heterocycles. The molecule has 15 heavy (non-hydrogen) atoms. The monoisotopic (exact) mass is 204 g/mol. The molecular formula is C12H14NO2-. The Kier molecular flexibility index (Phi) is 4.03. The van der Waals surface area contributed by atoms with Crippen molar-refractivity contribution in [2.45, 2.75) is 26.7 Å². The Hall–Kier alpha value is -1.64. The maximum atomic E-state index is 11.3. The van der Waals surface area contributed by atoms with Gasteiger partial charge in [-0.15, -0.1) is 6.42 Å². The van der Waals surface area contributed by atoms with Gasteiger partial charge in [-0.25, -0.2) is 0 Å². The van der Waals surface area contributed by atoms with Gasteiger partial charge in [0, 0.05) is 12.1 Å². The van der Waals surface area contributed by atoms with Crippen LogP contribution in [0.15, 0.2) is 18.2 Å². The van der Waals surface area contributed by atoms with E-state index >= 15 is 0 Å². The minimum Gasteiger partial charge on any atom is -0.542 e. The van der Waals surface area contributed by atoms with Crippen LogP contribution in [0.1, 0.15) is 24.0 Å². The standard InChI is InChI=1S/C12H14NO2/c1-9-6-10(2)8-11(7-9)13-12(15)4-3-5-14/h6-8H,3-4H2,1-2H3,(H,13,15)/q-1. The van der Waals surface area contributed by atoms with Gasteiger partial charge in [0.1, 0.15) is 0 Å². The summed E-state index contributed by atoms with van der Waals surface area (Å²) in [6, 6.07) is 5.83. The van der Waals surface area contributed by atoms with Crippen LogP contribution >= 0.6 is 0 Å². The Bertz CT molecular complexity index is 352. The molecule has 0 atom stereocenters. The van der Waals surface area contributed by atoms with Crippen LogP contribution in [0.5, 0.6) is 0 Å². The summed E-state index contributed by atoms with van der Waals surface area (Å²) in [5.74, 6) is -0.150. The molecular weight excluding hydrogens is 190 g/mol. The van der Waals surface area contributed by atoms with Crippen molar-refractivity contribution in [1.82, 2.24) is 0 Å². The van der Waals surface area contributed by atoms with Crippen LogP contribution in [0.3, 0.4) is 0 Å². The maximum absolute atomic E-state index is 11.3. The average Bonchev–Trinajstić information content (AvgIpc) is 2.13. The Balaban J connectivity index is 2.63. The second-order valence-electron chi connectivity index (χ2n) is 3.57. The van der Waals surface area contributed by atoms with Gasteiger partial charge in [-0.05, 0) is 37.1 Å². The summed E-state index contributed by atoms with van der Waals surface area (Å²) >= 11 is 0. The number of hydrogen-bond acceptors (Lipinski definition) is 2. The first-order valence-electron chi connectivity index (χ1n) is 4.85. The highest BCUT2D eigenvalue weighted by molar-refractivity contribution is 5.91. The summed E-state index contributed by atoms with van der Waals surface area (Å²) < 4.78 is 0. The highest BCUT2D eigenvalue weighted by Gasteiger charge is 2.00. The van der Waals surface area contributed by atoms with Crippen molar-refractivity contribution in [2.75, 3.05) is 5.32 Å². The normalized spacial score (nSPS) is 9.73. The fourth-order valence-electron chi connectivity index (χ4n) is 1.43. The van der Waals surface area contributed by atoms with Crippen molar-refractivity contribution in [2.24, 2.45) is 0 Å². The van der Waals surface area contributed by atoms with Crippen LogP contribution in [0.25, 0.3) is 0 Å². The molecule has 0 radical (unpaired) electrons. The third kappa shape index (κ3) is 3.94. The van der Waals surface area contributed by atoms with Crippen molar-refractivity contribution in [3.8, 4) is 0 Å². The van der Waals surface area contributed by atoms with Gasteiger partial charge in [0.15, 0.2) is 0 Å². The number of nitrogens with one attached hydrogen (secondary N) is 1. The van der Waals surface area contributed by atoms with E-state index < -0.39 is 0 Å². The number of carbonyl (C=O) groups excluding carboxylic acids is 2. The molecule has 0 aliphatic rings. The molecule has 1 aromatic carbocycles. The van der Waals surface area contributed by atoms with Gasteiger partial charge in [0.2, 0.25) is 5.91 Å². The van der Waals surface area contributed by atoms with E-state index in [9.17, 15) is 9.59 Å². The van der Waals surface area contributed by atoms with Crippen LogP contribution in [-0.4, -0.2) is 12.2 Å². The van der Waals surface area contributed by atoms with Crippen LogP contribution in [-0.2, 0) is 9.59 Å². The minimum atomic E-state index is -0.150. The van der Waals surface area contributed by atoms with E-state index in [1.165, 1.54) is 0 Å². The second kappa shape index (κ2) is 5.29. The lowest BCUT2D eigenvalue weighted by Crippen LogP contribution is -2.11. The summed E-state index contributed by atoms with van der Waals surface area (Å²) in [6.07, 6.45) is 2.04. The average molecular weight is 204 g/mol. The number of aryl methyl sites for hydroxylation is 2. The third-order valence-electron chi connectivity index (χ3n) is 1.96. The van der Waals surface area contributed by atoms with Gasteiger partial charge in [-0.3, -0.25) is 11.1 Å². The van der Waals surface area contributed by atoms with Crippen LogP contribution in [0.2, 0.25) is 0 Å². The predicted octanol–water partition coefficient (Wildman–Crippen LogP) is 2.13. The fourth-order valence-corrected chi connectivity index (χ4v) is 1.43. The van der Waals surface area contributed by atoms with E-state index in [1.807, 2.05) is 32.0 Å². The Labute approximate surface area is 89.5 Å². The second-order valence-corrected chi connectivity index (χ2v) is 3.57. The molecule has 0 spiro atoms. The molecule has 0 heterocycles. The summed E-state index contributed by atoms with van der Waals surface area (Å²) in [7, 11) is 0. The highest BCUT2D eigenvalue weighted by Crippen LogP contribution is 2.13. The first-order valence-corrected chi connectivity index (χ1v) is 4.85.